The van der Waals surface area contributed by atoms with Gasteiger partial charge in [0.15, 0.2) is 0 Å². The van der Waals surface area contributed by atoms with Crippen LogP contribution in [0.15, 0.2) is 0 Å². The van der Waals surface area contributed by atoms with Gasteiger partial charge in [-0.3, -0.25) is 4.79 Å². The maximum atomic E-state index is 10.9. The van der Waals surface area contributed by atoms with E-state index in [1.165, 1.54) is 12.8 Å². The molecule has 0 aliphatic heterocycles. The van der Waals surface area contributed by atoms with Gasteiger partial charge in [-0.2, -0.15) is 0 Å². The van der Waals surface area contributed by atoms with Crippen molar-refractivity contribution in [3.8, 4) is 0 Å². The van der Waals surface area contributed by atoms with Crippen LogP contribution >= 0.6 is 0 Å². The lowest BCUT2D eigenvalue weighted by atomic mass is 9.87. The third-order valence-electron chi connectivity index (χ3n) is 2.42. The second-order valence-corrected chi connectivity index (χ2v) is 4.99. The van der Waals surface area contributed by atoms with E-state index in [2.05, 4.69) is 5.32 Å². The summed E-state index contributed by atoms with van der Waals surface area (Å²) in [7, 11) is 0. The van der Waals surface area contributed by atoms with Gasteiger partial charge in [0.1, 0.15) is 6.04 Å². The van der Waals surface area contributed by atoms with Crippen LogP contribution in [0.4, 0.5) is 0 Å². The first-order valence-electron chi connectivity index (χ1n) is 4.87. The Morgan fingerprint density at radius 2 is 2.08 bits per heavy atom. The van der Waals surface area contributed by atoms with Gasteiger partial charge in [-0.05, 0) is 30.7 Å². The number of carboxylic acids is 1. The van der Waals surface area contributed by atoms with Gasteiger partial charge in [0.05, 0.1) is 0 Å². The average Bonchev–Trinajstić information content (AvgIpc) is 2.66. The zero-order valence-electron chi connectivity index (χ0n) is 8.63. The summed E-state index contributed by atoms with van der Waals surface area (Å²) in [6, 6.07) is -0.423. The van der Waals surface area contributed by atoms with E-state index < -0.39 is 12.0 Å². The summed E-state index contributed by atoms with van der Waals surface area (Å²) in [5.74, 6) is -0.0163. The normalized spacial score (nSPS) is 19.9. The van der Waals surface area contributed by atoms with Crippen molar-refractivity contribution < 1.29 is 9.90 Å². The predicted octanol–water partition coefficient (Wildman–Crippen LogP) is 1.49. The van der Waals surface area contributed by atoms with Gasteiger partial charge < -0.3 is 10.4 Å². The van der Waals surface area contributed by atoms with Gasteiger partial charge in [0, 0.05) is 0 Å². The summed E-state index contributed by atoms with van der Waals surface area (Å²) in [6.45, 7) is 6.71. The first kappa shape index (κ1) is 10.5. The van der Waals surface area contributed by atoms with Crippen molar-refractivity contribution >= 4 is 5.97 Å². The first-order valence-corrected chi connectivity index (χ1v) is 4.87. The van der Waals surface area contributed by atoms with Crippen molar-refractivity contribution in [2.45, 2.75) is 39.7 Å². The number of hydrogen-bond acceptors (Lipinski definition) is 2. The predicted molar refractivity (Wildman–Crippen MR) is 51.6 cm³/mol. The molecule has 0 spiro atoms. The minimum absolute atomic E-state index is 0.208. The van der Waals surface area contributed by atoms with E-state index in [0.29, 0.717) is 0 Å². The molecule has 1 saturated carbocycles. The Morgan fingerprint density at radius 1 is 1.54 bits per heavy atom. The van der Waals surface area contributed by atoms with Crippen molar-refractivity contribution in [1.29, 1.82) is 0 Å². The van der Waals surface area contributed by atoms with E-state index in [9.17, 15) is 4.79 Å². The molecular formula is C10H19NO2. The smallest absolute Gasteiger partial charge is 0.321 e. The molecule has 1 aliphatic rings. The lowest BCUT2D eigenvalue weighted by Crippen LogP contribution is -2.47. The molecule has 0 amide bonds. The van der Waals surface area contributed by atoms with Crippen LogP contribution in [-0.4, -0.2) is 23.7 Å². The van der Waals surface area contributed by atoms with E-state index in [1.54, 1.807) is 0 Å². The molecule has 13 heavy (non-hydrogen) atoms. The molecule has 0 radical (unpaired) electrons. The van der Waals surface area contributed by atoms with E-state index in [0.717, 1.165) is 12.5 Å². The minimum atomic E-state index is -0.742. The van der Waals surface area contributed by atoms with Crippen molar-refractivity contribution in [3.05, 3.63) is 0 Å². The molecule has 1 aliphatic carbocycles. The maximum Gasteiger partial charge on any atom is 0.321 e. The van der Waals surface area contributed by atoms with Crippen molar-refractivity contribution in [2.75, 3.05) is 6.54 Å². The van der Waals surface area contributed by atoms with Crippen molar-refractivity contribution in [1.82, 2.24) is 5.32 Å². The Morgan fingerprint density at radius 3 is 2.38 bits per heavy atom. The van der Waals surface area contributed by atoms with Crippen molar-refractivity contribution in [2.24, 2.45) is 11.3 Å². The fourth-order valence-corrected chi connectivity index (χ4v) is 1.37. The molecule has 1 rings (SSSR count). The average molecular weight is 185 g/mol. The quantitative estimate of drug-likeness (QED) is 0.697. The lowest BCUT2D eigenvalue weighted by Gasteiger charge is -2.27. The zero-order chi connectivity index (χ0) is 10.1. The first-order chi connectivity index (χ1) is 5.91. The highest BCUT2D eigenvalue weighted by atomic mass is 16.4. The van der Waals surface area contributed by atoms with Crippen LogP contribution in [0.2, 0.25) is 0 Å². The summed E-state index contributed by atoms with van der Waals surface area (Å²) < 4.78 is 0. The van der Waals surface area contributed by atoms with E-state index in [4.69, 9.17) is 5.11 Å². The molecule has 0 aromatic heterocycles. The summed E-state index contributed by atoms with van der Waals surface area (Å²) in [4.78, 5) is 10.9. The molecular weight excluding hydrogens is 166 g/mol. The largest absolute Gasteiger partial charge is 0.480 e. The van der Waals surface area contributed by atoms with Crippen LogP contribution in [0.25, 0.3) is 0 Å². The summed E-state index contributed by atoms with van der Waals surface area (Å²) >= 11 is 0. The van der Waals surface area contributed by atoms with E-state index in [1.807, 2.05) is 20.8 Å². The van der Waals surface area contributed by atoms with Gasteiger partial charge in [0.25, 0.3) is 0 Å². The molecule has 0 heterocycles. The van der Waals surface area contributed by atoms with Crippen LogP contribution in [-0.2, 0) is 4.79 Å². The molecule has 0 aromatic carbocycles. The Labute approximate surface area is 79.5 Å². The van der Waals surface area contributed by atoms with Gasteiger partial charge in [0.2, 0.25) is 0 Å². The van der Waals surface area contributed by atoms with Gasteiger partial charge in [-0.25, -0.2) is 0 Å². The summed E-state index contributed by atoms with van der Waals surface area (Å²) in [5, 5.41) is 12.1. The molecule has 3 nitrogen and oxygen atoms in total. The van der Waals surface area contributed by atoms with Crippen LogP contribution in [0, 0.1) is 11.3 Å². The number of nitrogens with one attached hydrogen (secondary N) is 1. The molecule has 1 unspecified atom stereocenters. The Bertz CT molecular complexity index is 192. The fraction of sp³-hybridized carbons (Fsp3) is 0.900. The second kappa shape index (κ2) is 3.66. The molecule has 1 fully saturated rings. The van der Waals surface area contributed by atoms with Crippen molar-refractivity contribution in [3.63, 3.8) is 0 Å². The molecule has 0 bridgehead atoms. The fourth-order valence-electron chi connectivity index (χ4n) is 1.37. The third-order valence-corrected chi connectivity index (χ3v) is 2.42. The van der Waals surface area contributed by atoms with Gasteiger partial charge in [-0.1, -0.05) is 20.8 Å². The van der Waals surface area contributed by atoms with Crippen LogP contribution in [0.3, 0.4) is 0 Å². The molecule has 76 valence electrons. The number of aliphatic carboxylic acids is 1. The highest BCUT2D eigenvalue weighted by Gasteiger charge is 2.32. The monoisotopic (exact) mass is 185 g/mol. The molecule has 2 N–H and O–H groups in total. The SMILES string of the molecule is CC(C)(C)C(NCC1CC1)C(=O)O. The number of rotatable bonds is 4. The van der Waals surface area contributed by atoms with Gasteiger partial charge >= 0.3 is 5.97 Å². The highest BCUT2D eigenvalue weighted by Crippen LogP contribution is 2.29. The molecule has 3 heteroatoms. The second-order valence-electron chi connectivity index (χ2n) is 4.99. The minimum Gasteiger partial charge on any atom is -0.480 e. The number of hydrogen-bond donors (Lipinski definition) is 2. The topological polar surface area (TPSA) is 49.3 Å². The summed E-state index contributed by atoms with van der Waals surface area (Å²) in [5.41, 5.74) is -0.208. The highest BCUT2D eigenvalue weighted by molar-refractivity contribution is 5.74. The number of carboxylic acid groups (broad SMARTS) is 1. The Balaban J connectivity index is 2.41. The third kappa shape index (κ3) is 3.35. The van der Waals surface area contributed by atoms with Gasteiger partial charge in [-0.15, -0.1) is 0 Å². The van der Waals surface area contributed by atoms with E-state index >= 15 is 0 Å². The zero-order valence-corrected chi connectivity index (χ0v) is 8.63. The van der Waals surface area contributed by atoms with Crippen LogP contribution in [0.5, 0.6) is 0 Å². The molecule has 1 atom stereocenters. The van der Waals surface area contributed by atoms with Crippen LogP contribution < -0.4 is 5.32 Å². The Hall–Kier alpha value is -0.570. The van der Waals surface area contributed by atoms with Crippen LogP contribution in [0.1, 0.15) is 33.6 Å². The standard InChI is InChI=1S/C10H19NO2/c1-10(2,3)8(9(12)13)11-6-7-4-5-7/h7-8,11H,4-6H2,1-3H3,(H,12,13). The maximum absolute atomic E-state index is 10.9. The van der Waals surface area contributed by atoms with E-state index in [-0.39, 0.29) is 5.41 Å². The molecule has 0 aromatic rings. The molecule has 0 saturated heterocycles. The lowest BCUT2D eigenvalue weighted by molar-refractivity contribution is -0.142. The number of carbonyl (C=O) groups is 1. The Kier molecular flexibility index (Phi) is 2.96. The summed E-state index contributed by atoms with van der Waals surface area (Å²) in [6.07, 6.45) is 2.51.